The van der Waals surface area contributed by atoms with Gasteiger partial charge in [0, 0.05) is 12.0 Å². The van der Waals surface area contributed by atoms with Crippen LogP contribution in [0.15, 0.2) is 12.7 Å². The van der Waals surface area contributed by atoms with Gasteiger partial charge in [0.05, 0.1) is 0 Å². The number of hydrogen-bond acceptors (Lipinski definition) is 4. The summed E-state index contributed by atoms with van der Waals surface area (Å²) < 4.78 is 11.0. The fourth-order valence-corrected chi connectivity index (χ4v) is 3.73. The predicted octanol–water partition coefficient (Wildman–Crippen LogP) is 0.847. The van der Waals surface area contributed by atoms with Gasteiger partial charge in [-0.1, -0.05) is 6.58 Å². The summed E-state index contributed by atoms with van der Waals surface area (Å²) in [5.74, 6) is -0.537. The van der Waals surface area contributed by atoms with Gasteiger partial charge >= 0.3 is 5.97 Å². The lowest BCUT2D eigenvalue weighted by Gasteiger charge is -2.25. The number of hydrogen-bond donors (Lipinski definition) is 1. The van der Waals surface area contributed by atoms with Crippen molar-refractivity contribution in [3.8, 4) is 0 Å². The molecule has 88 valence electrons. The van der Waals surface area contributed by atoms with Crippen LogP contribution in [-0.4, -0.2) is 29.1 Å². The molecular formula is C12H16O4. The van der Waals surface area contributed by atoms with E-state index in [1.807, 2.05) is 0 Å². The van der Waals surface area contributed by atoms with Crippen molar-refractivity contribution in [2.75, 3.05) is 0 Å². The van der Waals surface area contributed by atoms with Gasteiger partial charge in [0.2, 0.25) is 0 Å². The van der Waals surface area contributed by atoms with E-state index in [4.69, 9.17) is 9.47 Å². The number of aliphatic hydroxyl groups is 1. The van der Waals surface area contributed by atoms with Crippen LogP contribution in [0.3, 0.4) is 0 Å². The number of carbonyl (C=O) groups excluding carboxylic acids is 1. The zero-order valence-electron chi connectivity index (χ0n) is 9.26. The quantitative estimate of drug-likeness (QED) is 0.558. The number of fused-ring (bicyclic) bond motifs is 1. The van der Waals surface area contributed by atoms with Crippen molar-refractivity contribution in [3.05, 3.63) is 12.7 Å². The first-order valence-electron chi connectivity index (χ1n) is 5.76. The average Bonchev–Trinajstić information content (AvgIpc) is 2.81. The van der Waals surface area contributed by atoms with Gasteiger partial charge in [0.25, 0.3) is 0 Å². The van der Waals surface area contributed by atoms with Crippen molar-refractivity contribution in [2.45, 2.75) is 37.8 Å². The molecule has 2 aliphatic carbocycles. The van der Waals surface area contributed by atoms with Crippen LogP contribution in [0, 0.1) is 17.8 Å². The molecule has 1 heterocycles. The number of esters is 1. The fraction of sp³-hybridized carbons (Fsp3) is 0.750. The Morgan fingerprint density at radius 3 is 3.06 bits per heavy atom. The monoisotopic (exact) mass is 224 g/mol. The molecule has 0 aromatic heterocycles. The highest BCUT2D eigenvalue weighted by atomic mass is 16.7. The average molecular weight is 224 g/mol. The van der Waals surface area contributed by atoms with Crippen LogP contribution in [0.1, 0.15) is 19.8 Å². The minimum atomic E-state index is -1.04. The van der Waals surface area contributed by atoms with Crippen LogP contribution in [0.2, 0.25) is 0 Å². The lowest BCUT2D eigenvalue weighted by Crippen LogP contribution is -2.35. The van der Waals surface area contributed by atoms with Crippen LogP contribution < -0.4 is 0 Å². The van der Waals surface area contributed by atoms with Gasteiger partial charge in [-0.15, -0.1) is 0 Å². The third kappa shape index (κ3) is 1.20. The van der Waals surface area contributed by atoms with E-state index in [1.54, 1.807) is 6.92 Å². The Bertz CT molecular complexity index is 349. The minimum absolute atomic E-state index is 0.123. The maximum absolute atomic E-state index is 11.2. The van der Waals surface area contributed by atoms with Gasteiger partial charge in [-0.25, -0.2) is 4.79 Å². The van der Waals surface area contributed by atoms with Gasteiger partial charge in [0.15, 0.2) is 5.79 Å². The molecule has 2 saturated carbocycles. The molecule has 0 amide bonds. The van der Waals surface area contributed by atoms with Crippen molar-refractivity contribution in [1.82, 2.24) is 0 Å². The summed E-state index contributed by atoms with van der Waals surface area (Å²) in [6.45, 7) is 5.10. The molecular weight excluding hydrogens is 208 g/mol. The second-order valence-corrected chi connectivity index (χ2v) is 5.24. The summed E-state index contributed by atoms with van der Waals surface area (Å²) in [5, 5.41) is 10.1. The summed E-state index contributed by atoms with van der Waals surface area (Å²) in [7, 11) is 0. The molecule has 3 aliphatic rings. The largest absolute Gasteiger partial charge is 0.456 e. The SMILES string of the molecule is C=CC(=O)OC1C2CC3C1OC(C)(O)C3C2. The maximum Gasteiger partial charge on any atom is 0.330 e. The van der Waals surface area contributed by atoms with E-state index in [0.717, 1.165) is 12.8 Å². The summed E-state index contributed by atoms with van der Waals surface area (Å²) in [6, 6.07) is 0. The van der Waals surface area contributed by atoms with Crippen molar-refractivity contribution >= 4 is 5.97 Å². The lowest BCUT2D eigenvalue weighted by atomic mass is 9.84. The van der Waals surface area contributed by atoms with E-state index < -0.39 is 11.8 Å². The second-order valence-electron chi connectivity index (χ2n) is 5.24. The molecule has 0 radical (unpaired) electrons. The standard InChI is InChI=1S/C12H16O4/c1-3-9(13)15-10-6-4-7-8(5-6)12(2,14)16-11(7)10/h3,6-8,10-11,14H,1,4-5H2,2H3. The second kappa shape index (κ2) is 3.08. The Balaban J connectivity index is 1.81. The summed E-state index contributed by atoms with van der Waals surface area (Å²) in [5.41, 5.74) is 0. The smallest absolute Gasteiger partial charge is 0.330 e. The molecule has 0 spiro atoms. The van der Waals surface area contributed by atoms with E-state index >= 15 is 0 Å². The Hall–Kier alpha value is -0.870. The predicted molar refractivity (Wildman–Crippen MR) is 55.3 cm³/mol. The number of carbonyl (C=O) groups is 1. The summed E-state index contributed by atoms with van der Waals surface area (Å²) in [4.78, 5) is 11.2. The van der Waals surface area contributed by atoms with E-state index in [2.05, 4.69) is 6.58 Å². The third-order valence-corrected chi connectivity index (χ3v) is 4.34. The normalized spacial score (nSPS) is 53.0. The molecule has 16 heavy (non-hydrogen) atoms. The van der Waals surface area contributed by atoms with Crippen molar-refractivity contribution in [3.63, 3.8) is 0 Å². The van der Waals surface area contributed by atoms with E-state index in [-0.39, 0.29) is 18.1 Å². The van der Waals surface area contributed by atoms with Crippen LogP contribution >= 0.6 is 0 Å². The van der Waals surface area contributed by atoms with Gasteiger partial charge < -0.3 is 14.6 Å². The van der Waals surface area contributed by atoms with E-state index in [1.165, 1.54) is 6.08 Å². The molecule has 1 aliphatic heterocycles. The molecule has 4 heteroatoms. The van der Waals surface area contributed by atoms with Crippen LogP contribution in [0.25, 0.3) is 0 Å². The Kier molecular flexibility index (Phi) is 1.98. The first kappa shape index (κ1) is 10.3. The van der Waals surface area contributed by atoms with Crippen molar-refractivity contribution in [2.24, 2.45) is 17.8 Å². The molecule has 0 aromatic carbocycles. The molecule has 1 N–H and O–H groups in total. The first-order chi connectivity index (χ1) is 7.53. The molecule has 3 rings (SSSR count). The zero-order valence-corrected chi connectivity index (χ0v) is 9.26. The molecule has 2 bridgehead atoms. The molecule has 6 unspecified atom stereocenters. The minimum Gasteiger partial charge on any atom is -0.456 e. The molecule has 1 saturated heterocycles. The van der Waals surface area contributed by atoms with Crippen LogP contribution in [0.4, 0.5) is 0 Å². The zero-order chi connectivity index (χ0) is 11.5. The van der Waals surface area contributed by atoms with Gasteiger partial charge in [-0.3, -0.25) is 0 Å². The Morgan fingerprint density at radius 1 is 1.62 bits per heavy atom. The highest BCUT2D eigenvalue weighted by molar-refractivity contribution is 5.81. The van der Waals surface area contributed by atoms with E-state index in [0.29, 0.717) is 11.8 Å². The maximum atomic E-state index is 11.2. The summed E-state index contributed by atoms with van der Waals surface area (Å²) >= 11 is 0. The molecule has 6 atom stereocenters. The lowest BCUT2D eigenvalue weighted by molar-refractivity contribution is -0.206. The Morgan fingerprint density at radius 2 is 2.38 bits per heavy atom. The molecule has 4 nitrogen and oxygen atoms in total. The van der Waals surface area contributed by atoms with E-state index in [9.17, 15) is 9.90 Å². The highest BCUT2D eigenvalue weighted by Crippen LogP contribution is 2.60. The summed E-state index contributed by atoms with van der Waals surface area (Å²) in [6.07, 6.45) is 2.75. The van der Waals surface area contributed by atoms with Crippen molar-refractivity contribution in [1.29, 1.82) is 0 Å². The van der Waals surface area contributed by atoms with Crippen LogP contribution in [-0.2, 0) is 14.3 Å². The Labute approximate surface area is 94.2 Å². The first-order valence-corrected chi connectivity index (χ1v) is 5.76. The van der Waals surface area contributed by atoms with Crippen molar-refractivity contribution < 1.29 is 19.4 Å². The number of ether oxygens (including phenoxy) is 2. The van der Waals surface area contributed by atoms with Gasteiger partial charge in [-0.05, 0) is 31.6 Å². The van der Waals surface area contributed by atoms with Crippen LogP contribution in [0.5, 0.6) is 0 Å². The number of rotatable bonds is 2. The fourth-order valence-electron chi connectivity index (χ4n) is 3.73. The van der Waals surface area contributed by atoms with Gasteiger partial charge in [0.1, 0.15) is 12.2 Å². The van der Waals surface area contributed by atoms with Gasteiger partial charge in [-0.2, -0.15) is 0 Å². The molecule has 3 fully saturated rings. The molecule has 0 aromatic rings. The topological polar surface area (TPSA) is 55.8 Å². The highest BCUT2D eigenvalue weighted by Gasteiger charge is 2.65. The third-order valence-electron chi connectivity index (χ3n) is 4.34.